The molecule has 0 fully saturated rings. The number of nitrogens with one attached hydrogen (secondary N) is 1. The van der Waals surface area contributed by atoms with Gasteiger partial charge in [0.25, 0.3) is 0 Å². The summed E-state index contributed by atoms with van der Waals surface area (Å²) < 4.78 is 4.87. The van der Waals surface area contributed by atoms with Crippen LogP contribution in [0, 0.1) is 11.3 Å². The molecule has 2 rings (SSSR count). The maximum absolute atomic E-state index is 12.1. The third-order valence-electron chi connectivity index (χ3n) is 3.40. The van der Waals surface area contributed by atoms with E-state index < -0.39 is 17.8 Å². The molecule has 1 unspecified atom stereocenters. The molecule has 6 heteroatoms. The van der Waals surface area contributed by atoms with Crippen LogP contribution in [0.1, 0.15) is 18.4 Å². The molecule has 1 aromatic carbocycles. The molecule has 0 aliphatic carbocycles. The highest BCUT2D eigenvalue weighted by atomic mass is 35.5. The van der Waals surface area contributed by atoms with Gasteiger partial charge in [-0.1, -0.05) is 36.0 Å². The summed E-state index contributed by atoms with van der Waals surface area (Å²) in [6.07, 6.45) is 0. The first-order valence-electron chi connectivity index (χ1n) is 6.22. The number of carbonyl (C=O) groups is 1. The fraction of sp³-hybridized carbons (Fsp3) is 0.267. The van der Waals surface area contributed by atoms with Gasteiger partial charge in [0.2, 0.25) is 0 Å². The van der Waals surface area contributed by atoms with Gasteiger partial charge in [0.1, 0.15) is 10.9 Å². The van der Waals surface area contributed by atoms with E-state index in [0.717, 1.165) is 5.56 Å². The van der Waals surface area contributed by atoms with Crippen LogP contribution in [0.2, 0.25) is 5.02 Å². The van der Waals surface area contributed by atoms with E-state index in [1.807, 2.05) is 6.07 Å². The maximum atomic E-state index is 12.1. The normalized spacial score (nSPS) is 21.6. The van der Waals surface area contributed by atoms with Gasteiger partial charge in [-0.3, -0.25) is 10.2 Å². The van der Waals surface area contributed by atoms with Crippen LogP contribution < -0.4 is 0 Å². The highest BCUT2D eigenvalue weighted by molar-refractivity contribution is 7.80. The van der Waals surface area contributed by atoms with Gasteiger partial charge in [-0.2, -0.15) is 0 Å². The molecule has 1 heterocycles. The molecule has 21 heavy (non-hydrogen) atoms. The molecule has 4 nitrogen and oxygen atoms in total. The summed E-state index contributed by atoms with van der Waals surface area (Å²) in [4.78, 5) is 16.6. The number of carbonyl (C=O) groups excluding carboxylic acids is 1. The Morgan fingerprint density at radius 3 is 2.81 bits per heavy atom. The molecule has 1 N–H and O–H groups in total. The second-order valence-electron chi connectivity index (χ2n) is 4.63. The highest BCUT2D eigenvalue weighted by Gasteiger charge is 2.40. The van der Waals surface area contributed by atoms with E-state index >= 15 is 0 Å². The molecule has 2 atom stereocenters. The van der Waals surface area contributed by atoms with Crippen molar-refractivity contribution in [2.45, 2.75) is 12.8 Å². The minimum absolute atomic E-state index is 0.271. The third kappa shape index (κ3) is 2.95. The zero-order chi connectivity index (χ0) is 15.6. The summed E-state index contributed by atoms with van der Waals surface area (Å²) in [5.41, 5.74) is 1.74. The lowest BCUT2D eigenvalue weighted by molar-refractivity contribution is -0.143. The average molecular weight is 321 g/mol. The zero-order valence-electron chi connectivity index (χ0n) is 11.5. The quantitative estimate of drug-likeness (QED) is 0.394. The van der Waals surface area contributed by atoms with Crippen molar-refractivity contribution in [2.75, 3.05) is 7.11 Å². The van der Waals surface area contributed by atoms with E-state index in [1.54, 1.807) is 25.1 Å². The van der Waals surface area contributed by atoms with Crippen molar-refractivity contribution in [2.24, 2.45) is 10.9 Å². The lowest BCUT2D eigenvalue weighted by Crippen LogP contribution is -2.36. The molecule has 1 aliphatic rings. The first-order valence-corrected chi connectivity index (χ1v) is 7.00. The van der Waals surface area contributed by atoms with Gasteiger partial charge in [0.05, 0.1) is 12.7 Å². The molecule has 1 aliphatic heterocycles. The van der Waals surface area contributed by atoms with Crippen molar-refractivity contribution in [1.29, 1.82) is 5.41 Å². The minimum Gasteiger partial charge on any atom is -0.468 e. The van der Waals surface area contributed by atoms with Crippen molar-refractivity contribution in [1.82, 2.24) is 0 Å². The fourth-order valence-electron chi connectivity index (χ4n) is 2.45. The van der Waals surface area contributed by atoms with Crippen LogP contribution in [0.3, 0.4) is 0 Å². The Balaban J connectivity index is 2.65. The molecule has 0 saturated carbocycles. The summed E-state index contributed by atoms with van der Waals surface area (Å²) in [5, 5.41) is 8.03. The van der Waals surface area contributed by atoms with Crippen LogP contribution in [0.5, 0.6) is 0 Å². The molecule has 0 amide bonds. The van der Waals surface area contributed by atoms with Crippen LogP contribution in [0.4, 0.5) is 0 Å². The first-order chi connectivity index (χ1) is 9.99. The van der Waals surface area contributed by atoms with Gasteiger partial charge in [0.15, 0.2) is 0 Å². The largest absolute Gasteiger partial charge is 0.468 e. The number of benzene rings is 1. The number of esters is 1. The summed E-state index contributed by atoms with van der Waals surface area (Å²) in [6.45, 7) is 1.73. The monoisotopic (exact) mass is 320 g/mol. The number of nitrogens with zero attached hydrogens (tertiary/aromatic N) is 1. The lowest BCUT2D eigenvalue weighted by Gasteiger charge is -2.30. The predicted molar refractivity (Wildman–Crippen MR) is 86.6 cm³/mol. The number of methoxy groups -OCH3 is 1. The highest BCUT2D eigenvalue weighted by Crippen LogP contribution is 2.37. The summed E-state index contributed by atoms with van der Waals surface area (Å²) >= 11 is 11.2. The van der Waals surface area contributed by atoms with Gasteiger partial charge in [-0.25, -0.2) is 4.99 Å². The topological polar surface area (TPSA) is 62.5 Å². The minimum atomic E-state index is -0.631. The molecular weight excluding hydrogens is 308 g/mol. The van der Waals surface area contributed by atoms with E-state index in [4.69, 9.17) is 34.0 Å². The third-order valence-corrected chi connectivity index (χ3v) is 3.95. The van der Waals surface area contributed by atoms with E-state index in [2.05, 4.69) is 10.9 Å². The van der Waals surface area contributed by atoms with Crippen molar-refractivity contribution in [3.63, 3.8) is 0 Å². The summed E-state index contributed by atoms with van der Waals surface area (Å²) in [7, 11) is 1.32. The van der Waals surface area contributed by atoms with E-state index in [1.165, 1.54) is 7.11 Å². The van der Waals surface area contributed by atoms with Crippen LogP contribution in [-0.4, -0.2) is 29.6 Å². The molecule has 0 aromatic heterocycles. The second kappa shape index (κ2) is 6.31. The Morgan fingerprint density at radius 1 is 1.52 bits per heavy atom. The molecule has 0 bridgehead atoms. The summed E-state index contributed by atoms with van der Waals surface area (Å²) in [6, 6.07) is 7.12. The molecule has 0 saturated heterocycles. The predicted octanol–water partition coefficient (Wildman–Crippen LogP) is 3.19. The van der Waals surface area contributed by atoms with E-state index in [-0.39, 0.29) is 4.99 Å². The Hall–Kier alpha value is -1.81. The maximum Gasteiger partial charge on any atom is 0.315 e. The van der Waals surface area contributed by atoms with Crippen molar-refractivity contribution < 1.29 is 9.53 Å². The molecule has 108 valence electrons. The Labute approximate surface area is 133 Å². The fourth-order valence-corrected chi connectivity index (χ4v) is 2.98. The molecule has 1 aromatic rings. The Kier molecular flexibility index (Phi) is 4.68. The standard InChI is InChI=1S/C15H13ClN2O2S/c1-8-12(15(19)20-2)13(11(7-17)14(21)18-8)9-4-3-5-10(16)6-9/h3-6,12-13,17H,1-2H3/t12?,13-/m1/s1. The number of hydrogen-bond donors (Lipinski definition) is 1. The average Bonchev–Trinajstić information content (AvgIpc) is 2.45. The van der Waals surface area contributed by atoms with Crippen LogP contribution in [0.25, 0.3) is 0 Å². The number of ether oxygens (including phenoxy) is 1. The van der Waals surface area contributed by atoms with Crippen LogP contribution in [-0.2, 0) is 9.53 Å². The number of halogens is 1. The molecule has 0 spiro atoms. The van der Waals surface area contributed by atoms with E-state index in [0.29, 0.717) is 16.3 Å². The van der Waals surface area contributed by atoms with Gasteiger partial charge in [-0.05, 0) is 30.5 Å². The van der Waals surface area contributed by atoms with Crippen molar-refractivity contribution in [3.8, 4) is 0 Å². The van der Waals surface area contributed by atoms with Gasteiger partial charge in [-0.15, -0.1) is 0 Å². The number of thiocarbonyl (C=S) groups is 1. The van der Waals surface area contributed by atoms with Gasteiger partial charge in [0, 0.05) is 16.7 Å². The number of aliphatic imine (C=N–C) groups is 1. The number of hydrogen-bond acceptors (Lipinski definition) is 4. The zero-order valence-corrected chi connectivity index (χ0v) is 13.1. The van der Waals surface area contributed by atoms with E-state index in [9.17, 15) is 4.79 Å². The smallest absolute Gasteiger partial charge is 0.315 e. The Morgan fingerprint density at radius 2 is 2.24 bits per heavy atom. The van der Waals surface area contributed by atoms with Crippen molar-refractivity contribution >= 4 is 46.4 Å². The van der Waals surface area contributed by atoms with Crippen LogP contribution >= 0.6 is 23.8 Å². The summed E-state index contributed by atoms with van der Waals surface area (Å²) in [5.74, 6) is 0.808. The van der Waals surface area contributed by atoms with Crippen molar-refractivity contribution in [3.05, 3.63) is 40.4 Å². The SMILES string of the molecule is COC(=O)C1C(C)=NC(=S)C(=C=N)[C@H]1c1cccc(Cl)c1. The lowest BCUT2D eigenvalue weighted by atomic mass is 9.76. The van der Waals surface area contributed by atoms with Gasteiger partial charge < -0.3 is 4.74 Å². The molecule has 0 radical (unpaired) electrons. The second-order valence-corrected chi connectivity index (χ2v) is 5.45. The van der Waals surface area contributed by atoms with Crippen LogP contribution in [0.15, 0.2) is 34.8 Å². The number of rotatable bonds is 2. The van der Waals surface area contributed by atoms with Gasteiger partial charge >= 0.3 is 5.97 Å². The first kappa shape index (κ1) is 15.6. The molecular formula is C15H13ClN2O2S. The Bertz CT molecular complexity index is 693.